The zero-order valence-corrected chi connectivity index (χ0v) is 14.4. The Balaban J connectivity index is 1.60. The third-order valence-corrected chi connectivity index (χ3v) is 5.63. The maximum absolute atomic E-state index is 12.5. The average Bonchev–Trinajstić information content (AvgIpc) is 3.12. The largest absolute Gasteiger partial charge is 0.393 e. The van der Waals surface area contributed by atoms with E-state index in [4.69, 9.17) is 0 Å². The first kappa shape index (κ1) is 16.4. The van der Waals surface area contributed by atoms with Gasteiger partial charge in [0.15, 0.2) is 5.13 Å². The van der Waals surface area contributed by atoms with Crippen LogP contribution in [-0.4, -0.2) is 54.2 Å². The summed E-state index contributed by atoms with van der Waals surface area (Å²) in [6.45, 7) is 1.11. The predicted molar refractivity (Wildman–Crippen MR) is 93.9 cm³/mol. The molecule has 0 aliphatic heterocycles. The second-order valence-corrected chi connectivity index (χ2v) is 7.38. The van der Waals surface area contributed by atoms with Gasteiger partial charge >= 0.3 is 0 Å². The summed E-state index contributed by atoms with van der Waals surface area (Å²) in [5.41, 5.74) is 0.926. The molecule has 0 saturated heterocycles. The van der Waals surface area contributed by atoms with Gasteiger partial charge in [-0.3, -0.25) is 14.6 Å². The zero-order chi connectivity index (χ0) is 16.4. The molecule has 1 aliphatic rings. The summed E-state index contributed by atoms with van der Waals surface area (Å²) >= 11 is 1.53. The number of carbonyl (C=O) groups is 1. The molecule has 0 spiro atoms. The first-order valence-corrected chi connectivity index (χ1v) is 8.85. The molecule has 3 rings (SSSR count). The second kappa shape index (κ2) is 6.95. The maximum atomic E-state index is 12.5. The van der Waals surface area contributed by atoms with Crippen molar-refractivity contribution >= 4 is 32.6 Å². The van der Waals surface area contributed by atoms with E-state index < -0.39 is 0 Å². The van der Waals surface area contributed by atoms with E-state index >= 15 is 0 Å². The van der Waals surface area contributed by atoms with Crippen molar-refractivity contribution < 1.29 is 9.90 Å². The number of para-hydroxylation sites is 1. The summed E-state index contributed by atoms with van der Waals surface area (Å²) in [5, 5.41) is 10.6. The van der Waals surface area contributed by atoms with Gasteiger partial charge in [0.1, 0.15) is 0 Å². The molecule has 124 valence electrons. The standard InChI is InChI=1S/C17H23N3O2S/c1-19(10-12-6-5-8-14(12)21)11-16(22)20(2)17-18-13-7-3-4-9-15(13)23-17/h3-4,7,9,12,14,21H,5-6,8,10-11H2,1-2H3. The van der Waals surface area contributed by atoms with Gasteiger partial charge < -0.3 is 5.11 Å². The topological polar surface area (TPSA) is 56.7 Å². The van der Waals surface area contributed by atoms with Crippen LogP contribution in [0.4, 0.5) is 5.13 Å². The molecule has 6 heteroatoms. The predicted octanol–water partition coefficient (Wildman–Crippen LogP) is 2.35. The molecule has 1 aliphatic carbocycles. The van der Waals surface area contributed by atoms with Crippen molar-refractivity contribution in [3.05, 3.63) is 24.3 Å². The van der Waals surface area contributed by atoms with Crippen LogP contribution in [0.15, 0.2) is 24.3 Å². The number of hydrogen-bond donors (Lipinski definition) is 1. The van der Waals surface area contributed by atoms with Crippen molar-refractivity contribution in [2.45, 2.75) is 25.4 Å². The quantitative estimate of drug-likeness (QED) is 0.912. The van der Waals surface area contributed by atoms with E-state index in [0.717, 1.165) is 41.2 Å². The molecule has 0 radical (unpaired) electrons. The van der Waals surface area contributed by atoms with Crippen LogP contribution in [0.5, 0.6) is 0 Å². The van der Waals surface area contributed by atoms with E-state index in [0.29, 0.717) is 12.5 Å². The molecule has 1 heterocycles. The van der Waals surface area contributed by atoms with Crippen LogP contribution < -0.4 is 4.90 Å². The SMILES string of the molecule is CN(CC(=O)N(C)c1nc2ccccc2s1)CC1CCCC1O. The minimum atomic E-state index is -0.213. The van der Waals surface area contributed by atoms with Gasteiger partial charge in [0.05, 0.1) is 22.9 Å². The van der Waals surface area contributed by atoms with E-state index in [1.165, 1.54) is 11.3 Å². The highest BCUT2D eigenvalue weighted by molar-refractivity contribution is 7.22. The van der Waals surface area contributed by atoms with Crippen LogP contribution in [0.1, 0.15) is 19.3 Å². The van der Waals surface area contributed by atoms with Crippen molar-refractivity contribution in [2.75, 3.05) is 32.1 Å². The van der Waals surface area contributed by atoms with E-state index in [2.05, 4.69) is 4.98 Å². The maximum Gasteiger partial charge on any atom is 0.242 e. The van der Waals surface area contributed by atoms with Gasteiger partial charge in [-0.1, -0.05) is 29.9 Å². The summed E-state index contributed by atoms with van der Waals surface area (Å²) < 4.78 is 1.09. The molecule has 23 heavy (non-hydrogen) atoms. The van der Waals surface area contributed by atoms with E-state index in [9.17, 15) is 9.90 Å². The third-order valence-electron chi connectivity index (χ3n) is 4.51. The van der Waals surface area contributed by atoms with Crippen LogP contribution in [0.3, 0.4) is 0 Å². The van der Waals surface area contributed by atoms with Gasteiger partial charge in [-0.15, -0.1) is 0 Å². The fourth-order valence-electron chi connectivity index (χ4n) is 3.14. The van der Waals surface area contributed by atoms with Crippen molar-refractivity contribution in [3.63, 3.8) is 0 Å². The summed E-state index contributed by atoms with van der Waals surface area (Å²) in [6, 6.07) is 7.91. The Kier molecular flexibility index (Phi) is 4.94. The Labute approximate surface area is 140 Å². The molecule has 2 aromatic rings. The van der Waals surface area contributed by atoms with Gasteiger partial charge in [-0.25, -0.2) is 4.98 Å². The van der Waals surface area contributed by atoms with Crippen LogP contribution in [0.2, 0.25) is 0 Å². The summed E-state index contributed by atoms with van der Waals surface area (Å²) in [5.74, 6) is 0.319. The van der Waals surface area contributed by atoms with Crippen LogP contribution in [-0.2, 0) is 4.79 Å². The van der Waals surface area contributed by atoms with Gasteiger partial charge in [-0.2, -0.15) is 0 Å². The second-order valence-electron chi connectivity index (χ2n) is 6.37. The number of benzene rings is 1. The number of aliphatic hydroxyl groups excluding tert-OH is 1. The molecule has 1 fully saturated rings. The lowest BCUT2D eigenvalue weighted by Gasteiger charge is -2.24. The van der Waals surface area contributed by atoms with E-state index in [1.807, 2.05) is 36.2 Å². The number of amides is 1. The molecular formula is C17H23N3O2S. The molecular weight excluding hydrogens is 310 g/mol. The lowest BCUT2D eigenvalue weighted by atomic mass is 10.1. The number of rotatable bonds is 5. The van der Waals surface area contributed by atoms with Crippen LogP contribution in [0.25, 0.3) is 10.2 Å². The fraction of sp³-hybridized carbons (Fsp3) is 0.529. The number of aliphatic hydroxyl groups is 1. The molecule has 2 unspecified atom stereocenters. The Bertz CT molecular complexity index is 654. The van der Waals surface area contributed by atoms with Crippen LogP contribution in [0, 0.1) is 5.92 Å². The number of likely N-dealkylation sites (N-methyl/N-ethyl adjacent to an activating group) is 2. The molecule has 1 amide bonds. The number of fused-ring (bicyclic) bond motifs is 1. The number of nitrogens with zero attached hydrogens (tertiary/aromatic N) is 3. The lowest BCUT2D eigenvalue weighted by molar-refractivity contribution is -0.119. The Morgan fingerprint density at radius 1 is 1.35 bits per heavy atom. The number of hydrogen-bond acceptors (Lipinski definition) is 5. The number of aromatic nitrogens is 1. The highest BCUT2D eigenvalue weighted by Crippen LogP contribution is 2.28. The first-order chi connectivity index (χ1) is 11.0. The van der Waals surface area contributed by atoms with E-state index in [-0.39, 0.29) is 12.0 Å². The summed E-state index contributed by atoms with van der Waals surface area (Å²) in [6.07, 6.45) is 2.81. The molecule has 1 saturated carbocycles. The Hall–Kier alpha value is -1.50. The first-order valence-electron chi connectivity index (χ1n) is 8.03. The summed E-state index contributed by atoms with van der Waals surface area (Å²) in [4.78, 5) is 20.6. The lowest BCUT2D eigenvalue weighted by Crippen LogP contribution is -2.39. The molecule has 2 atom stereocenters. The molecule has 5 nitrogen and oxygen atoms in total. The number of carbonyl (C=O) groups excluding carboxylic acids is 1. The van der Waals surface area contributed by atoms with Crippen LogP contribution >= 0.6 is 11.3 Å². The fourth-order valence-corrected chi connectivity index (χ4v) is 4.09. The minimum absolute atomic E-state index is 0.0269. The van der Waals surface area contributed by atoms with Gasteiger partial charge in [0.2, 0.25) is 5.91 Å². The average molecular weight is 333 g/mol. The monoisotopic (exact) mass is 333 g/mol. The van der Waals surface area contributed by atoms with Crippen molar-refractivity contribution in [1.29, 1.82) is 0 Å². The third kappa shape index (κ3) is 3.71. The van der Waals surface area contributed by atoms with E-state index in [1.54, 1.807) is 11.9 Å². The number of anilines is 1. The minimum Gasteiger partial charge on any atom is -0.393 e. The molecule has 0 bridgehead atoms. The Morgan fingerprint density at radius 3 is 2.83 bits per heavy atom. The van der Waals surface area contributed by atoms with Crippen molar-refractivity contribution in [1.82, 2.24) is 9.88 Å². The highest BCUT2D eigenvalue weighted by Gasteiger charge is 2.27. The smallest absolute Gasteiger partial charge is 0.242 e. The summed E-state index contributed by atoms with van der Waals surface area (Å²) in [7, 11) is 3.72. The molecule has 1 aromatic carbocycles. The van der Waals surface area contributed by atoms with Gasteiger partial charge in [0.25, 0.3) is 0 Å². The van der Waals surface area contributed by atoms with Crippen molar-refractivity contribution in [2.24, 2.45) is 5.92 Å². The van der Waals surface area contributed by atoms with Gasteiger partial charge in [0, 0.05) is 13.6 Å². The Morgan fingerprint density at radius 2 is 2.13 bits per heavy atom. The normalized spacial score (nSPS) is 21.2. The van der Waals surface area contributed by atoms with Crippen molar-refractivity contribution in [3.8, 4) is 0 Å². The zero-order valence-electron chi connectivity index (χ0n) is 13.6. The number of thiazole rings is 1. The molecule has 1 N–H and O–H groups in total. The highest BCUT2D eigenvalue weighted by atomic mass is 32.1. The molecule has 1 aromatic heterocycles. The van der Waals surface area contributed by atoms with Gasteiger partial charge in [-0.05, 0) is 37.9 Å².